The van der Waals surface area contributed by atoms with Crippen molar-refractivity contribution in [3.8, 4) is 11.3 Å². The molecular weight excluding hydrogens is 383 g/mol. The topological polar surface area (TPSA) is 89.3 Å². The van der Waals surface area contributed by atoms with Crippen LogP contribution in [-0.2, 0) is 23.3 Å². The van der Waals surface area contributed by atoms with Gasteiger partial charge in [-0.2, -0.15) is 5.10 Å². The first kappa shape index (κ1) is 19.8. The van der Waals surface area contributed by atoms with E-state index >= 15 is 0 Å². The largest absolute Gasteiger partial charge is 0.478 e. The molecule has 1 N–H and O–H groups in total. The normalized spacial score (nSPS) is 11.6. The van der Waals surface area contributed by atoms with Gasteiger partial charge in [-0.1, -0.05) is 6.07 Å². The maximum Gasteiger partial charge on any atom is 0.335 e. The van der Waals surface area contributed by atoms with Crippen LogP contribution >= 0.6 is 0 Å². The minimum absolute atomic E-state index is 0.0708. The third kappa shape index (κ3) is 4.12. The number of nitrogens with zero attached hydrogens (tertiary/aromatic N) is 2. The number of carboxylic acid groups (broad SMARTS) is 1. The number of halogens is 1. The van der Waals surface area contributed by atoms with Crippen LogP contribution in [0, 0.1) is 12.7 Å². The molecule has 0 fully saturated rings. The number of aromatic carboxylic acids is 1. The van der Waals surface area contributed by atoms with Crippen LogP contribution in [0.4, 0.5) is 4.39 Å². The average Bonchev–Trinajstić information content (AvgIpc) is 2.93. The van der Waals surface area contributed by atoms with Crippen LogP contribution in [0.15, 0.2) is 47.4 Å². The summed E-state index contributed by atoms with van der Waals surface area (Å²) in [6, 6.07) is 10.6. The Kier molecular flexibility index (Phi) is 5.08. The Bertz CT molecular complexity index is 1180. The Labute approximate surface area is 162 Å². The molecule has 0 aliphatic heterocycles. The van der Waals surface area contributed by atoms with Crippen LogP contribution in [0.3, 0.4) is 0 Å². The molecule has 0 amide bonds. The zero-order chi connectivity index (χ0) is 20.6. The highest BCUT2D eigenvalue weighted by Crippen LogP contribution is 2.24. The summed E-state index contributed by atoms with van der Waals surface area (Å²) in [7, 11) is -1.76. The smallest absolute Gasteiger partial charge is 0.335 e. The summed E-state index contributed by atoms with van der Waals surface area (Å²) >= 11 is 0. The van der Waals surface area contributed by atoms with Crippen molar-refractivity contribution in [3.63, 3.8) is 0 Å². The van der Waals surface area contributed by atoms with Crippen LogP contribution in [0.25, 0.3) is 11.3 Å². The van der Waals surface area contributed by atoms with E-state index in [1.165, 1.54) is 12.1 Å². The summed E-state index contributed by atoms with van der Waals surface area (Å²) in [5.41, 5.74) is 3.59. The van der Waals surface area contributed by atoms with Gasteiger partial charge in [-0.25, -0.2) is 17.6 Å². The van der Waals surface area contributed by atoms with Crippen molar-refractivity contribution in [1.82, 2.24) is 9.78 Å². The lowest BCUT2D eigenvalue weighted by molar-refractivity contribution is 0.0696. The Balaban J connectivity index is 1.95. The summed E-state index contributed by atoms with van der Waals surface area (Å²) in [6.07, 6.45) is 1.30. The van der Waals surface area contributed by atoms with Crippen molar-refractivity contribution in [2.75, 3.05) is 6.26 Å². The molecule has 1 heterocycles. The molecule has 0 atom stereocenters. The molecule has 2 aromatic carbocycles. The fraction of sp³-hybridized carbons (Fsp3) is 0.200. The fourth-order valence-corrected chi connectivity index (χ4v) is 3.78. The first-order chi connectivity index (χ1) is 13.0. The van der Waals surface area contributed by atoms with E-state index in [0.717, 1.165) is 23.6 Å². The van der Waals surface area contributed by atoms with Crippen molar-refractivity contribution < 1.29 is 22.7 Å². The molecule has 0 saturated heterocycles. The van der Waals surface area contributed by atoms with Crippen molar-refractivity contribution in [3.05, 3.63) is 70.7 Å². The molecule has 0 spiro atoms. The van der Waals surface area contributed by atoms with E-state index in [-0.39, 0.29) is 16.9 Å². The zero-order valence-corrected chi connectivity index (χ0v) is 16.4. The molecule has 0 radical (unpaired) electrons. The Morgan fingerprint density at radius 2 is 1.89 bits per heavy atom. The number of carbonyl (C=O) groups is 1. The van der Waals surface area contributed by atoms with Crippen molar-refractivity contribution >= 4 is 15.8 Å². The molecule has 6 nitrogen and oxygen atoms in total. The molecular formula is C20H19FN2O4S. The first-order valence-electron chi connectivity index (χ1n) is 8.41. The van der Waals surface area contributed by atoms with Gasteiger partial charge >= 0.3 is 5.97 Å². The van der Waals surface area contributed by atoms with E-state index in [1.807, 2.05) is 6.07 Å². The zero-order valence-electron chi connectivity index (χ0n) is 15.6. The molecule has 8 heteroatoms. The second-order valence-electron chi connectivity index (χ2n) is 6.72. The lowest BCUT2D eigenvalue weighted by Crippen LogP contribution is -2.01. The van der Waals surface area contributed by atoms with Crippen LogP contribution in [0.2, 0.25) is 0 Å². The third-order valence-corrected chi connectivity index (χ3v) is 5.52. The number of rotatable bonds is 5. The highest BCUT2D eigenvalue weighted by atomic mass is 32.2. The summed E-state index contributed by atoms with van der Waals surface area (Å²) < 4.78 is 38.9. The highest BCUT2D eigenvalue weighted by molar-refractivity contribution is 7.90. The monoisotopic (exact) mass is 402 g/mol. The minimum atomic E-state index is -3.52. The van der Waals surface area contributed by atoms with Crippen molar-refractivity contribution in [1.29, 1.82) is 0 Å². The quantitative estimate of drug-likeness (QED) is 0.708. The Morgan fingerprint density at radius 1 is 1.18 bits per heavy atom. The molecule has 146 valence electrons. The maximum atomic E-state index is 13.8. The second-order valence-corrected chi connectivity index (χ2v) is 8.74. The van der Waals surface area contributed by atoms with Gasteiger partial charge in [-0.15, -0.1) is 0 Å². The summed E-state index contributed by atoms with van der Waals surface area (Å²) in [5.74, 6) is -1.60. The lowest BCUT2D eigenvalue weighted by atomic mass is 10.0. The van der Waals surface area contributed by atoms with Gasteiger partial charge in [0.05, 0.1) is 21.8 Å². The van der Waals surface area contributed by atoms with E-state index in [0.29, 0.717) is 16.8 Å². The van der Waals surface area contributed by atoms with Gasteiger partial charge in [0, 0.05) is 25.3 Å². The summed E-state index contributed by atoms with van der Waals surface area (Å²) in [6.45, 7) is 1.73. The fourth-order valence-electron chi connectivity index (χ4n) is 3.09. The summed E-state index contributed by atoms with van der Waals surface area (Å²) in [5, 5.41) is 13.6. The van der Waals surface area contributed by atoms with Crippen LogP contribution < -0.4 is 0 Å². The number of aromatic nitrogens is 2. The number of hydrogen-bond donors (Lipinski definition) is 1. The molecule has 3 rings (SSSR count). The number of sulfone groups is 1. The van der Waals surface area contributed by atoms with Crippen LogP contribution in [0.1, 0.15) is 27.2 Å². The van der Waals surface area contributed by atoms with E-state index < -0.39 is 21.6 Å². The Morgan fingerprint density at radius 3 is 2.50 bits per heavy atom. The molecule has 0 saturated carbocycles. The van der Waals surface area contributed by atoms with Gasteiger partial charge in [0.1, 0.15) is 5.82 Å². The van der Waals surface area contributed by atoms with Gasteiger partial charge in [-0.3, -0.25) is 4.68 Å². The molecule has 28 heavy (non-hydrogen) atoms. The molecule has 3 aromatic rings. The predicted molar refractivity (Wildman–Crippen MR) is 103 cm³/mol. The standard InChI is InChI=1S/C20H19FN2O4S/c1-12-6-14(4-5-18(12)20(24)25)19-11-16(22-23(19)2)8-13-7-15(21)10-17(9-13)28(3,26)27/h4-7,9-11H,8H2,1-3H3,(H,24,25). The van der Waals surface area contributed by atoms with E-state index in [1.54, 1.807) is 36.9 Å². The lowest BCUT2D eigenvalue weighted by Gasteiger charge is -2.05. The number of benzene rings is 2. The SMILES string of the molecule is Cc1cc(-c2cc(Cc3cc(F)cc(S(C)(=O)=O)c3)nn2C)ccc1C(=O)O. The molecule has 1 aromatic heterocycles. The number of aryl methyl sites for hydroxylation is 2. The Hall–Kier alpha value is -3.00. The predicted octanol–water partition coefficient (Wildman–Crippen LogP) is 3.23. The van der Waals surface area contributed by atoms with Gasteiger partial charge in [-0.05, 0) is 54.4 Å². The van der Waals surface area contributed by atoms with E-state index in [2.05, 4.69) is 5.10 Å². The molecule has 0 aliphatic carbocycles. The number of hydrogen-bond acceptors (Lipinski definition) is 4. The van der Waals surface area contributed by atoms with Gasteiger partial charge in [0.25, 0.3) is 0 Å². The molecule has 0 bridgehead atoms. The van der Waals surface area contributed by atoms with Gasteiger partial charge in [0.15, 0.2) is 9.84 Å². The highest BCUT2D eigenvalue weighted by Gasteiger charge is 2.14. The van der Waals surface area contributed by atoms with Gasteiger partial charge in [0.2, 0.25) is 0 Å². The molecule has 0 unspecified atom stereocenters. The number of carboxylic acids is 1. The minimum Gasteiger partial charge on any atom is -0.478 e. The second kappa shape index (κ2) is 7.20. The van der Waals surface area contributed by atoms with Crippen molar-refractivity contribution in [2.45, 2.75) is 18.2 Å². The molecule has 0 aliphatic rings. The van der Waals surface area contributed by atoms with Crippen LogP contribution in [0.5, 0.6) is 0 Å². The first-order valence-corrected chi connectivity index (χ1v) is 10.3. The van der Waals surface area contributed by atoms with Gasteiger partial charge < -0.3 is 5.11 Å². The third-order valence-electron chi connectivity index (χ3n) is 4.43. The maximum absolute atomic E-state index is 13.8. The van der Waals surface area contributed by atoms with E-state index in [9.17, 15) is 17.6 Å². The van der Waals surface area contributed by atoms with E-state index in [4.69, 9.17) is 5.11 Å². The van der Waals surface area contributed by atoms with Crippen LogP contribution in [-0.4, -0.2) is 35.5 Å². The summed E-state index contributed by atoms with van der Waals surface area (Å²) in [4.78, 5) is 11.1. The van der Waals surface area contributed by atoms with Crippen molar-refractivity contribution in [2.24, 2.45) is 7.05 Å². The average molecular weight is 402 g/mol.